The second kappa shape index (κ2) is 11.6. The lowest BCUT2D eigenvalue weighted by molar-refractivity contribution is -0.140. The van der Waals surface area contributed by atoms with Gasteiger partial charge >= 0.3 is 0 Å². The van der Waals surface area contributed by atoms with Gasteiger partial charge in [-0.2, -0.15) is 0 Å². The van der Waals surface area contributed by atoms with Crippen LogP contribution in [0.3, 0.4) is 0 Å². The molecule has 0 aliphatic heterocycles. The topological polar surface area (TPSA) is 96.0 Å². The van der Waals surface area contributed by atoms with Gasteiger partial charge in [-0.1, -0.05) is 42.3 Å². The van der Waals surface area contributed by atoms with Crippen LogP contribution in [0.25, 0.3) is 0 Å². The van der Waals surface area contributed by atoms with Crippen LogP contribution in [0.5, 0.6) is 5.75 Å². The molecular formula is C22H27Cl2N3O5S. The summed E-state index contributed by atoms with van der Waals surface area (Å²) in [6, 6.07) is 10.6. The quantitative estimate of drug-likeness (QED) is 0.523. The summed E-state index contributed by atoms with van der Waals surface area (Å²) in [7, 11) is -0.850. The molecule has 2 amide bonds. The first kappa shape index (κ1) is 26.8. The van der Waals surface area contributed by atoms with Gasteiger partial charge in [0.25, 0.3) is 0 Å². The molecule has 0 aromatic heterocycles. The van der Waals surface area contributed by atoms with Crippen LogP contribution in [0, 0.1) is 0 Å². The summed E-state index contributed by atoms with van der Waals surface area (Å²) in [5.74, 6) is -0.261. The molecule has 11 heteroatoms. The van der Waals surface area contributed by atoms with Crippen molar-refractivity contribution in [2.75, 3.05) is 31.3 Å². The lowest BCUT2D eigenvalue weighted by atomic mass is 10.1. The summed E-state index contributed by atoms with van der Waals surface area (Å²) in [5.41, 5.74) is 0.872. The van der Waals surface area contributed by atoms with Crippen molar-refractivity contribution < 1.29 is 22.7 Å². The van der Waals surface area contributed by atoms with Crippen molar-refractivity contribution in [1.82, 2.24) is 10.2 Å². The molecule has 0 aliphatic rings. The number of carbonyl (C=O) groups is 2. The molecule has 8 nitrogen and oxygen atoms in total. The van der Waals surface area contributed by atoms with E-state index in [9.17, 15) is 18.0 Å². The monoisotopic (exact) mass is 515 g/mol. The third-order valence-electron chi connectivity index (χ3n) is 5.00. The Balaban J connectivity index is 2.44. The summed E-state index contributed by atoms with van der Waals surface area (Å²) >= 11 is 12.2. The van der Waals surface area contributed by atoms with E-state index < -0.39 is 28.5 Å². The van der Waals surface area contributed by atoms with E-state index in [4.69, 9.17) is 27.9 Å². The maximum atomic E-state index is 13.4. The maximum Gasteiger partial charge on any atom is 0.244 e. The van der Waals surface area contributed by atoms with Gasteiger partial charge < -0.3 is 15.0 Å². The molecule has 2 aromatic rings. The Morgan fingerprint density at radius 1 is 1.12 bits per heavy atom. The molecule has 2 rings (SSSR count). The second-order valence-corrected chi connectivity index (χ2v) is 10.0. The number of hydrogen-bond acceptors (Lipinski definition) is 5. The number of benzene rings is 2. The number of ether oxygens (including phenoxy) is 1. The number of hydrogen-bond donors (Lipinski definition) is 1. The number of likely N-dealkylation sites (N-methyl/N-ethyl adjacent to an activating group) is 1. The standard InChI is InChI=1S/C22H27Cl2N3O5S/c1-5-19(22(29)25-2)26(13-15-6-9-17(32-3)10-7-15)21(28)14-27(33(4,30)31)20-11-8-16(23)12-18(20)24/h6-12,19H,5,13-14H2,1-4H3,(H,25,29)/t19-/m1/s1. The van der Waals surface area contributed by atoms with Crippen LogP contribution in [-0.2, 0) is 26.2 Å². The molecule has 2 aromatic carbocycles. The summed E-state index contributed by atoms with van der Waals surface area (Å²) in [5, 5.41) is 2.98. The van der Waals surface area contributed by atoms with E-state index in [0.29, 0.717) is 17.2 Å². The average molecular weight is 516 g/mol. The predicted molar refractivity (Wildman–Crippen MR) is 130 cm³/mol. The molecule has 1 N–H and O–H groups in total. The first-order valence-corrected chi connectivity index (χ1v) is 12.7. The number of nitrogens with one attached hydrogen (secondary N) is 1. The minimum absolute atomic E-state index is 0.0840. The normalized spacial score (nSPS) is 12.1. The Hall–Kier alpha value is -2.49. The lowest BCUT2D eigenvalue weighted by Gasteiger charge is -2.32. The number of amides is 2. The number of rotatable bonds is 10. The number of carbonyl (C=O) groups excluding carboxylic acids is 2. The van der Waals surface area contributed by atoms with Gasteiger partial charge in [-0.05, 0) is 42.3 Å². The van der Waals surface area contributed by atoms with E-state index in [1.807, 2.05) is 0 Å². The fourth-order valence-corrected chi connectivity index (χ4v) is 4.71. The molecule has 0 spiro atoms. The average Bonchev–Trinajstić information content (AvgIpc) is 2.77. The molecule has 1 atom stereocenters. The van der Waals surface area contributed by atoms with Crippen LogP contribution in [-0.4, -0.2) is 58.1 Å². The molecule has 0 heterocycles. The van der Waals surface area contributed by atoms with Gasteiger partial charge in [-0.3, -0.25) is 13.9 Å². The Kier molecular flexibility index (Phi) is 9.39. The molecule has 0 unspecified atom stereocenters. The molecule has 0 saturated carbocycles. The Bertz CT molecular complexity index is 1090. The van der Waals surface area contributed by atoms with E-state index >= 15 is 0 Å². The summed E-state index contributed by atoms with van der Waals surface area (Å²) in [6.07, 6.45) is 1.32. The lowest BCUT2D eigenvalue weighted by Crippen LogP contribution is -2.51. The van der Waals surface area contributed by atoms with Gasteiger partial charge in [-0.25, -0.2) is 8.42 Å². The summed E-state index contributed by atoms with van der Waals surface area (Å²) in [4.78, 5) is 27.3. The highest BCUT2D eigenvalue weighted by atomic mass is 35.5. The third-order valence-corrected chi connectivity index (χ3v) is 6.67. The summed E-state index contributed by atoms with van der Waals surface area (Å²) in [6.45, 7) is 1.34. The van der Waals surface area contributed by atoms with Gasteiger partial charge in [0.15, 0.2) is 0 Å². The zero-order chi connectivity index (χ0) is 24.8. The third kappa shape index (κ3) is 6.99. The van der Waals surface area contributed by atoms with Crippen molar-refractivity contribution in [2.45, 2.75) is 25.9 Å². The highest BCUT2D eigenvalue weighted by molar-refractivity contribution is 7.92. The van der Waals surface area contributed by atoms with E-state index in [2.05, 4.69) is 5.32 Å². The minimum Gasteiger partial charge on any atom is -0.497 e. The minimum atomic E-state index is -3.88. The van der Waals surface area contributed by atoms with Crippen molar-refractivity contribution in [3.63, 3.8) is 0 Å². The molecular weight excluding hydrogens is 489 g/mol. The largest absolute Gasteiger partial charge is 0.497 e. The summed E-state index contributed by atoms with van der Waals surface area (Å²) < 4.78 is 31.2. The first-order chi connectivity index (χ1) is 15.5. The highest BCUT2D eigenvalue weighted by Crippen LogP contribution is 2.30. The van der Waals surface area contributed by atoms with Gasteiger partial charge in [-0.15, -0.1) is 0 Å². The Morgan fingerprint density at radius 3 is 2.24 bits per heavy atom. The number of methoxy groups -OCH3 is 1. The van der Waals surface area contributed by atoms with Crippen molar-refractivity contribution in [3.05, 3.63) is 58.1 Å². The molecule has 0 saturated heterocycles. The Labute approximate surface area is 204 Å². The van der Waals surface area contributed by atoms with Gasteiger partial charge in [0, 0.05) is 18.6 Å². The molecule has 180 valence electrons. The van der Waals surface area contributed by atoms with Gasteiger partial charge in [0.2, 0.25) is 21.8 Å². The molecule has 0 fully saturated rings. The fraction of sp³-hybridized carbons (Fsp3) is 0.364. The highest BCUT2D eigenvalue weighted by Gasteiger charge is 2.31. The SMILES string of the molecule is CC[C@H](C(=O)NC)N(Cc1ccc(OC)cc1)C(=O)CN(c1ccc(Cl)cc1Cl)S(C)(=O)=O. The van der Waals surface area contributed by atoms with Crippen LogP contribution >= 0.6 is 23.2 Å². The number of nitrogens with zero attached hydrogens (tertiary/aromatic N) is 2. The molecule has 0 radical (unpaired) electrons. The van der Waals surface area contributed by atoms with Crippen molar-refractivity contribution in [1.29, 1.82) is 0 Å². The number of halogens is 2. The fourth-order valence-electron chi connectivity index (χ4n) is 3.29. The molecule has 0 bridgehead atoms. The van der Waals surface area contributed by atoms with Gasteiger partial charge in [0.05, 0.1) is 24.1 Å². The van der Waals surface area contributed by atoms with E-state index in [1.165, 1.54) is 30.1 Å². The zero-order valence-corrected chi connectivity index (χ0v) is 21.2. The Morgan fingerprint density at radius 2 is 1.76 bits per heavy atom. The van der Waals surface area contributed by atoms with Crippen LogP contribution in [0.15, 0.2) is 42.5 Å². The van der Waals surface area contributed by atoms with E-state index in [0.717, 1.165) is 16.1 Å². The van der Waals surface area contributed by atoms with E-state index in [-0.39, 0.29) is 23.2 Å². The van der Waals surface area contributed by atoms with Gasteiger partial charge in [0.1, 0.15) is 18.3 Å². The van der Waals surface area contributed by atoms with Crippen molar-refractivity contribution in [3.8, 4) is 5.75 Å². The van der Waals surface area contributed by atoms with Crippen LogP contribution < -0.4 is 14.4 Å². The van der Waals surface area contributed by atoms with Crippen LogP contribution in [0.1, 0.15) is 18.9 Å². The number of anilines is 1. The molecule has 0 aliphatic carbocycles. The molecule has 33 heavy (non-hydrogen) atoms. The maximum absolute atomic E-state index is 13.4. The second-order valence-electron chi connectivity index (χ2n) is 7.27. The van der Waals surface area contributed by atoms with E-state index in [1.54, 1.807) is 38.3 Å². The first-order valence-electron chi connectivity index (χ1n) is 10.1. The van der Waals surface area contributed by atoms with Crippen LogP contribution in [0.2, 0.25) is 10.0 Å². The predicted octanol–water partition coefficient (Wildman–Crippen LogP) is 3.32. The van der Waals surface area contributed by atoms with Crippen LogP contribution in [0.4, 0.5) is 5.69 Å². The number of sulfonamides is 1. The van der Waals surface area contributed by atoms with Crippen molar-refractivity contribution in [2.24, 2.45) is 0 Å². The zero-order valence-electron chi connectivity index (χ0n) is 18.8. The van der Waals surface area contributed by atoms with Crippen molar-refractivity contribution >= 4 is 50.7 Å². The smallest absolute Gasteiger partial charge is 0.244 e.